The summed E-state index contributed by atoms with van der Waals surface area (Å²) in [5.74, 6) is -0.454. The minimum Gasteiger partial charge on any atom is -0.385 e. The van der Waals surface area contributed by atoms with E-state index in [0.29, 0.717) is 5.56 Å². The number of carbonyl (C=O) groups excluding carboxylic acids is 1. The number of hydrogen-bond donors (Lipinski definition) is 2. The third kappa shape index (κ3) is 3.40. The second-order valence-corrected chi connectivity index (χ2v) is 5.26. The van der Waals surface area contributed by atoms with E-state index in [-0.39, 0.29) is 18.1 Å². The molecule has 0 bridgehead atoms. The highest BCUT2D eigenvalue weighted by molar-refractivity contribution is 5.92. The first-order valence-corrected chi connectivity index (χ1v) is 7.12. The van der Waals surface area contributed by atoms with Crippen molar-refractivity contribution in [1.82, 2.24) is 0 Å². The molecule has 0 aromatic heterocycles. The molecule has 0 fully saturated rings. The molecule has 3 rings (SSSR count). The highest BCUT2D eigenvalue weighted by Crippen LogP contribution is 2.25. The minimum atomic E-state index is -0.319. The molecule has 21 heavy (non-hydrogen) atoms. The molecule has 108 valence electrons. The van der Waals surface area contributed by atoms with Crippen LogP contribution in [0.5, 0.6) is 0 Å². The van der Waals surface area contributed by atoms with E-state index in [2.05, 4.69) is 10.6 Å². The number of nitrogens with one attached hydrogen (secondary N) is 2. The van der Waals surface area contributed by atoms with Crippen molar-refractivity contribution in [3.63, 3.8) is 0 Å². The molecule has 4 heteroatoms. The Morgan fingerprint density at radius 2 is 2.14 bits per heavy atom. The van der Waals surface area contributed by atoms with Crippen molar-refractivity contribution in [2.24, 2.45) is 0 Å². The van der Waals surface area contributed by atoms with E-state index < -0.39 is 0 Å². The van der Waals surface area contributed by atoms with Gasteiger partial charge in [0.2, 0.25) is 5.91 Å². The fourth-order valence-corrected chi connectivity index (χ4v) is 2.59. The zero-order valence-electron chi connectivity index (χ0n) is 11.7. The van der Waals surface area contributed by atoms with Gasteiger partial charge < -0.3 is 10.6 Å². The van der Waals surface area contributed by atoms with Crippen molar-refractivity contribution in [3.8, 4) is 0 Å². The zero-order chi connectivity index (χ0) is 14.7. The van der Waals surface area contributed by atoms with E-state index >= 15 is 0 Å². The lowest BCUT2D eigenvalue weighted by Gasteiger charge is -2.18. The van der Waals surface area contributed by atoms with Crippen LogP contribution in [-0.4, -0.2) is 12.5 Å². The molecule has 0 aliphatic carbocycles. The fraction of sp³-hybridized carbons (Fsp3) is 0.235. The molecule has 1 aliphatic heterocycles. The van der Waals surface area contributed by atoms with E-state index in [1.54, 1.807) is 12.1 Å². The highest BCUT2D eigenvalue weighted by atomic mass is 19.1. The highest BCUT2D eigenvalue weighted by Gasteiger charge is 2.10. The predicted octanol–water partition coefficient (Wildman–Crippen LogP) is 3.37. The third-order valence-corrected chi connectivity index (χ3v) is 3.58. The summed E-state index contributed by atoms with van der Waals surface area (Å²) in [6.45, 7) is 0.998. The summed E-state index contributed by atoms with van der Waals surface area (Å²) in [6, 6.07) is 12.0. The maximum Gasteiger partial charge on any atom is 0.228 e. The molecule has 3 nitrogen and oxygen atoms in total. The second kappa shape index (κ2) is 5.95. The van der Waals surface area contributed by atoms with Crippen LogP contribution in [0, 0.1) is 5.82 Å². The molecule has 2 aromatic carbocycles. The first-order chi connectivity index (χ1) is 10.2. The molecule has 0 atom stereocenters. The van der Waals surface area contributed by atoms with Gasteiger partial charge in [-0.25, -0.2) is 4.39 Å². The van der Waals surface area contributed by atoms with Gasteiger partial charge in [0.05, 0.1) is 6.42 Å². The number of hydrogen-bond acceptors (Lipinski definition) is 2. The van der Waals surface area contributed by atoms with E-state index in [1.165, 1.54) is 17.7 Å². The number of benzene rings is 2. The van der Waals surface area contributed by atoms with Gasteiger partial charge >= 0.3 is 0 Å². The molecule has 0 spiro atoms. The van der Waals surface area contributed by atoms with Gasteiger partial charge in [0, 0.05) is 17.9 Å². The van der Waals surface area contributed by atoms with Crippen molar-refractivity contribution in [1.29, 1.82) is 0 Å². The average Bonchev–Trinajstić information content (AvgIpc) is 2.47. The van der Waals surface area contributed by atoms with Crippen LogP contribution in [-0.2, 0) is 17.6 Å². The average molecular weight is 284 g/mol. The van der Waals surface area contributed by atoms with E-state index in [0.717, 1.165) is 30.8 Å². The first kappa shape index (κ1) is 13.6. The third-order valence-electron chi connectivity index (χ3n) is 3.58. The molecule has 2 aromatic rings. The van der Waals surface area contributed by atoms with Crippen LogP contribution in [0.1, 0.15) is 17.5 Å². The molecule has 0 unspecified atom stereocenters. The Morgan fingerprint density at radius 3 is 3.00 bits per heavy atom. The van der Waals surface area contributed by atoms with Gasteiger partial charge in [-0.1, -0.05) is 12.1 Å². The number of amides is 1. The Morgan fingerprint density at radius 1 is 1.24 bits per heavy atom. The van der Waals surface area contributed by atoms with Crippen molar-refractivity contribution in [2.45, 2.75) is 19.3 Å². The first-order valence-electron chi connectivity index (χ1n) is 7.12. The molecule has 1 aliphatic rings. The van der Waals surface area contributed by atoms with Crippen molar-refractivity contribution in [2.75, 3.05) is 17.2 Å². The van der Waals surface area contributed by atoms with Crippen molar-refractivity contribution >= 4 is 17.3 Å². The molecule has 0 saturated heterocycles. The van der Waals surface area contributed by atoms with Gasteiger partial charge in [-0.2, -0.15) is 0 Å². The minimum absolute atomic E-state index is 0.135. The summed E-state index contributed by atoms with van der Waals surface area (Å²) in [5.41, 5.74) is 3.83. The number of carbonyl (C=O) groups is 1. The van der Waals surface area contributed by atoms with Crippen molar-refractivity contribution in [3.05, 3.63) is 59.4 Å². The van der Waals surface area contributed by atoms with Crippen LogP contribution in [0.3, 0.4) is 0 Å². The monoisotopic (exact) mass is 284 g/mol. The molecular weight excluding hydrogens is 267 g/mol. The van der Waals surface area contributed by atoms with E-state index in [1.807, 2.05) is 18.2 Å². The Hall–Kier alpha value is -2.36. The number of anilines is 2. The summed E-state index contributed by atoms with van der Waals surface area (Å²) in [7, 11) is 0. The normalized spacial score (nSPS) is 13.2. The second-order valence-electron chi connectivity index (χ2n) is 5.26. The summed E-state index contributed by atoms with van der Waals surface area (Å²) < 4.78 is 13.1. The summed E-state index contributed by atoms with van der Waals surface area (Å²) in [5, 5.41) is 6.21. The number of halogens is 1. The smallest absolute Gasteiger partial charge is 0.228 e. The topological polar surface area (TPSA) is 41.1 Å². The number of fused-ring (bicyclic) bond motifs is 1. The number of rotatable bonds is 3. The van der Waals surface area contributed by atoms with E-state index in [9.17, 15) is 9.18 Å². The van der Waals surface area contributed by atoms with Crippen LogP contribution in [0.25, 0.3) is 0 Å². The summed E-state index contributed by atoms with van der Waals surface area (Å²) in [6.07, 6.45) is 2.30. The van der Waals surface area contributed by atoms with Gasteiger partial charge in [0.15, 0.2) is 0 Å². The largest absolute Gasteiger partial charge is 0.385 e. The maximum atomic E-state index is 13.1. The van der Waals surface area contributed by atoms with Gasteiger partial charge in [-0.3, -0.25) is 4.79 Å². The Labute approximate surface area is 123 Å². The van der Waals surface area contributed by atoms with Gasteiger partial charge in [-0.05, 0) is 54.3 Å². The quantitative estimate of drug-likeness (QED) is 0.907. The van der Waals surface area contributed by atoms with Gasteiger partial charge in [0.25, 0.3) is 0 Å². The lowest BCUT2D eigenvalue weighted by atomic mass is 10.0. The molecule has 0 saturated carbocycles. The molecular formula is C17H17FN2O. The standard InChI is InChI=1S/C17H17FN2O/c18-14-5-1-3-12(9-14)10-17(21)20-15-6-7-16-13(11-15)4-2-8-19-16/h1,3,5-7,9,11,19H,2,4,8,10H2,(H,20,21). The van der Waals surface area contributed by atoms with Crippen LogP contribution in [0.4, 0.5) is 15.8 Å². The van der Waals surface area contributed by atoms with Crippen LogP contribution >= 0.6 is 0 Å². The van der Waals surface area contributed by atoms with Gasteiger partial charge in [-0.15, -0.1) is 0 Å². The predicted molar refractivity (Wildman–Crippen MR) is 82.0 cm³/mol. The zero-order valence-corrected chi connectivity index (χ0v) is 11.7. The summed E-state index contributed by atoms with van der Waals surface area (Å²) in [4.78, 5) is 12.0. The van der Waals surface area contributed by atoms with E-state index in [4.69, 9.17) is 0 Å². The molecule has 1 heterocycles. The van der Waals surface area contributed by atoms with Crippen molar-refractivity contribution < 1.29 is 9.18 Å². The molecule has 1 amide bonds. The van der Waals surface area contributed by atoms with Crippen LogP contribution in [0.15, 0.2) is 42.5 Å². The Balaban J connectivity index is 1.67. The van der Waals surface area contributed by atoms with Gasteiger partial charge in [0.1, 0.15) is 5.82 Å². The Bertz CT molecular complexity index is 670. The lowest BCUT2D eigenvalue weighted by Crippen LogP contribution is -2.16. The van der Waals surface area contributed by atoms with Crippen LogP contribution < -0.4 is 10.6 Å². The summed E-state index contributed by atoms with van der Waals surface area (Å²) >= 11 is 0. The fourth-order valence-electron chi connectivity index (χ4n) is 2.59. The maximum absolute atomic E-state index is 13.1. The SMILES string of the molecule is O=C(Cc1cccc(F)c1)Nc1ccc2c(c1)CCCN2. The molecule has 0 radical (unpaired) electrons. The Kier molecular flexibility index (Phi) is 3.86. The van der Waals surface area contributed by atoms with Crippen LogP contribution in [0.2, 0.25) is 0 Å². The number of aryl methyl sites for hydroxylation is 1. The lowest BCUT2D eigenvalue weighted by molar-refractivity contribution is -0.115. The molecule has 2 N–H and O–H groups in total.